The zero-order valence-corrected chi connectivity index (χ0v) is 12.7. The maximum atomic E-state index is 13.5. The van der Waals surface area contributed by atoms with Gasteiger partial charge in [0.1, 0.15) is 0 Å². The molecule has 3 aromatic rings. The number of thiazole rings is 1. The Bertz CT molecular complexity index is 724. The third kappa shape index (κ3) is 2.77. The minimum Gasteiger partial charge on any atom is -0.494 e. The molecule has 0 bridgehead atoms. The van der Waals surface area contributed by atoms with E-state index >= 15 is 0 Å². The van der Waals surface area contributed by atoms with Crippen LogP contribution in [0.5, 0.6) is 5.75 Å². The SMILES string of the molecule is CNC(Cc1cn2ccsc2n1)c1ccc(F)c(OC)c1. The van der Waals surface area contributed by atoms with Crippen molar-refractivity contribution >= 4 is 16.3 Å². The summed E-state index contributed by atoms with van der Waals surface area (Å²) in [5.41, 5.74) is 1.98. The Morgan fingerprint density at radius 3 is 3.05 bits per heavy atom. The largest absolute Gasteiger partial charge is 0.494 e. The Morgan fingerprint density at radius 1 is 1.48 bits per heavy atom. The minimum atomic E-state index is -0.349. The Kier molecular flexibility index (Phi) is 3.90. The summed E-state index contributed by atoms with van der Waals surface area (Å²) in [5, 5.41) is 5.26. The Hall–Kier alpha value is -1.92. The van der Waals surface area contributed by atoms with Crippen LogP contribution in [-0.2, 0) is 6.42 Å². The molecule has 21 heavy (non-hydrogen) atoms. The van der Waals surface area contributed by atoms with Crippen LogP contribution in [0, 0.1) is 5.82 Å². The molecule has 0 aliphatic heterocycles. The number of ether oxygens (including phenoxy) is 1. The molecule has 1 N–H and O–H groups in total. The number of nitrogens with zero attached hydrogens (tertiary/aromatic N) is 2. The lowest BCUT2D eigenvalue weighted by atomic mass is 10.0. The third-order valence-electron chi connectivity index (χ3n) is 3.48. The molecule has 2 heterocycles. The molecule has 1 unspecified atom stereocenters. The van der Waals surface area contributed by atoms with Crippen molar-refractivity contribution < 1.29 is 9.13 Å². The highest BCUT2D eigenvalue weighted by molar-refractivity contribution is 7.15. The van der Waals surface area contributed by atoms with E-state index in [0.29, 0.717) is 0 Å². The molecule has 0 amide bonds. The van der Waals surface area contributed by atoms with Gasteiger partial charge in [0, 0.05) is 30.2 Å². The molecular weight excluding hydrogens is 289 g/mol. The first-order chi connectivity index (χ1) is 10.2. The van der Waals surface area contributed by atoms with Gasteiger partial charge in [-0.3, -0.25) is 4.40 Å². The summed E-state index contributed by atoms with van der Waals surface area (Å²) in [5.74, 6) is -0.0859. The number of hydrogen-bond donors (Lipinski definition) is 1. The number of fused-ring (bicyclic) bond motifs is 1. The molecule has 110 valence electrons. The van der Waals surface area contributed by atoms with Gasteiger partial charge in [0.25, 0.3) is 0 Å². The van der Waals surface area contributed by atoms with Crippen molar-refractivity contribution in [2.75, 3.05) is 14.2 Å². The summed E-state index contributed by atoms with van der Waals surface area (Å²) in [6.45, 7) is 0. The van der Waals surface area contributed by atoms with Gasteiger partial charge in [-0.05, 0) is 24.7 Å². The second-order valence-electron chi connectivity index (χ2n) is 4.76. The lowest BCUT2D eigenvalue weighted by Crippen LogP contribution is -2.19. The summed E-state index contributed by atoms with van der Waals surface area (Å²) in [4.78, 5) is 5.57. The number of benzene rings is 1. The number of imidazole rings is 1. The van der Waals surface area contributed by atoms with Crippen molar-refractivity contribution in [3.05, 3.63) is 53.0 Å². The van der Waals surface area contributed by atoms with E-state index in [4.69, 9.17) is 4.74 Å². The number of methoxy groups -OCH3 is 1. The van der Waals surface area contributed by atoms with E-state index in [1.54, 1.807) is 23.5 Å². The van der Waals surface area contributed by atoms with Crippen molar-refractivity contribution in [2.45, 2.75) is 12.5 Å². The summed E-state index contributed by atoms with van der Waals surface area (Å²) in [7, 11) is 3.36. The van der Waals surface area contributed by atoms with Gasteiger partial charge in [0.05, 0.1) is 12.8 Å². The molecule has 0 aliphatic rings. The quantitative estimate of drug-likeness (QED) is 0.787. The fourth-order valence-electron chi connectivity index (χ4n) is 2.36. The molecule has 0 saturated carbocycles. The highest BCUT2D eigenvalue weighted by Crippen LogP contribution is 2.25. The molecule has 2 aromatic heterocycles. The van der Waals surface area contributed by atoms with Gasteiger partial charge in [-0.15, -0.1) is 11.3 Å². The van der Waals surface area contributed by atoms with E-state index < -0.39 is 0 Å². The van der Waals surface area contributed by atoms with E-state index in [0.717, 1.165) is 22.6 Å². The maximum absolute atomic E-state index is 13.5. The molecule has 0 fully saturated rings. The molecule has 0 radical (unpaired) electrons. The van der Waals surface area contributed by atoms with Crippen LogP contribution in [0.3, 0.4) is 0 Å². The summed E-state index contributed by atoms with van der Waals surface area (Å²) < 4.78 is 20.6. The third-order valence-corrected chi connectivity index (χ3v) is 4.25. The van der Waals surface area contributed by atoms with Crippen LogP contribution in [-0.4, -0.2) is 23.5 Å². The van der Waals surface area contributed by atoms with Gasteiger partial charge in [-0.2, -0.15) is 0 Å². The monoisotopic (exact) mass is 305 g/mol. The standard InChI is InChI=1S/C15H16FN3OS/c1-17-13(10-3-4-12(16)14(7-10)20-2)8-11-9-19-5-6-21-15(19)18-11/h3-7,9,13,17H,8H2,1-2H3. The molecular formula is C15H16FN3OS. The second kappa shape index (κ2) is 5.83. The predicted molar refractivity (Wildman–Crippen MR) is 81.5 cm³/mol. The minimum absolute atomic E-state index is 0.0594. The van der Waals surface area contributed by atoms with E-state index in [1.807, 2.05) is 29.2 Å². The lowest BCUT2D eigenvalue weighted by molar-refractivity contribution is 0.385. The van der Waals surface area contributed by atoms with E-state index in [9.17, 15) is 4.39 Å². The van der Waals surface area contributed by atoms with Gasteiger partial charge >= 0.3 is 0 Å². The van der Waals surface area contributed by atoms with Gasteiger partial charge in [0.2, 0.25) is 0 Å². The Morgan fingerprint density at radius 2 is 2.33 bits per heavy atom. The van der Waals surface area contributed by atoms with Crippen molar-refractivity contribution in [3.8, 4) is 5.75 Å². The Labute approximate surface area is 126 Å². The predicted octanol–water partition coefficient (Wildman–Crippen LogP) is 3.05. The van der Waals surface area contributed by atoms with E-state index in [-0.39, 0.29) is 17.6 Å². The lowest BCUT2D eigenvalue weighted by Gasteiger charge is -2.16. The normalized spacial score (nSPS) is 12.7. The van der Waals surface area contributed by atoms with Crippen molar-refractivity contribution in [2.24, 2.45) is 0 Å². The molecule has 6 heteroatoms. The van der Waals surface area contributed by atoms with Gasteiger partial charge in [0.15, 0.2) is 16.5 Å². The van der Waals surface area contributed by atoms with Crippen LogP contribution in [0.1, 0.15) is 17.3 Å². The van der Waals surface area contributed by atoms with Crippen molar-refractivity contribution in [3.63, 3.8) is 0 Å². The number of rotatable bonds is 5. The fraction of sp³-hybridized carbons (Fsp3) is 0.267. The fourth-order valence-corrected chi connectivity index (χ4v) is 3.08. The highest BCUT2D eigenvalue weighted by atomic mass is 32.1. The van der Waals surface area contributed by atoms with Crippen LogP contribution in [0.2, 0.25) is 0 Å². The van der Waals surface area contributed by atoms with Crippen molar-refractivity contribution in [1.82, 2.24) is 14.7 Å². The number of likely N-dealkylation sites (N-methyl/N-ethyl adjacent to an activating group) is 1. The number of nitrogens with one attached hydrogen (secondary N) is 1. The molecule has 0 saturated heterocycles. The molecule has 1 aromatic carbocycles. The van der Waals surface area contributed by atoms with Gasteiger partial charge in [-0.1, -0.05) is 6.07 Å². The van der Waals surface area contributed by atoms with Gasteiger partial charge in [-0.25, -0.2) is 9.37 Å². The zero-order chi connectivity index (χ0) is 14.8. The van der Waals surface area contributed by atoms with Gasteiger partial charge < -0.3 is 10.1 Å². The smallest absolute Gasteiger partial charge is 0.193 e. The summed E-state index contributed by atoms with van der Waals surface area (Å²) in [6.07, 6.45) is 4.75. The van der Waals surface area contributed by atoms with Crippen LogP contribution in [0.25, 0.3) is 4.96 Å². The van der Waals surface area contributed by atoms with Crippen LogP contribution < -0.4 is 10.1 Å². The first kappa shape index (κ1) is 14.0. The maximum Gasteiger partial charge on any atom is 0.193 e. The molecule has 0 spiro atoms. The molecule has 4 nitrogen and oxygen atoms in total. The van der Waals surface area contributed by atoms with E-state index in [2.05, 4.69) is 10.3 Å². The first-order valence-corrected chi connectivity index (χ1v) is 7.51. The average molecular weight is 305 g/mol. The first-order valence-electron chi connectivity index (χ1n) is 6.63. The number of halogens is 1. The summed E-state index contributed by atoms with van der Waals surface area (Å²) >= 11 is 1.61. The van der Waals surface area contributed by atoms with E-state index in [1.165, 1.54) is 13.2 Å². The van der Waals surface area contributed by atoms with Crippen molar-refractivity contribution in [1.29, 1.82) is 0 Å². The molecule has 1 atom stereocenters. The molecule has 3 rings (SSSR count). The Balaban J connectivity index is 1.85. The number of aromatic nitrogens is 2. The molecule has 0 aliphatic carbocycles. The number of hydrogen-bond acceptors (Lipinski definition) is 4. The van der Waals surface area contributed by atoms with Crippen LogP contribution >= 0.6 is 11.3 Å². The average Bonchev–Trinajstić information content (AvgIpc) is 3.06. The topological polar surface area (TPSA) is 38.6 Å². The van der Waals surface area contributed by atoms with Crippen LogP contribution in [0.15, 0.2) is 36.0 Å². The van der Waals surface area contributed by atoms with Crippen LogP contribution in [0.4, 0.5) is 4.39 Å². The highest BCUT2D eigenvalue weighted by Gasteiger charge is 2.15. The summed E-state index contributed by atoms with van der Waals surface area (Å²) in [6, 6.07) is 5.00. The zero-order valence-electron chi connectivity index (χ0n) is 11.8. The second-order valence-corrected chi connectivity index (χ2v) is 5.64.